The van der Waals surface area contributed by atoms with Crippen LogP contribution in [-0.2, 0) is 6.61 Å². The third-order valence-corrected chi connectivity index (χ3v) is 2.79. The van der Waals surface area contributed by atoms with Crippen LogP contribution < -0.4 is 10.5 Å². The summed E-state index contributed by atoms with van der Waals surface area (Å²) in [6.45, 7) is 0.386. The lowest BCUT2D eigenvalue weighted by Gasteiger charge is -2.02. The van der Waals surface area contributed by atoms with E-state index in [1.165, 1.54) is 11.3 Å². The van der Waals surface area contributed by atoms with Gasteiger partial charge in [0, 0.05) is 11.4 Å². The minimum atomic E-state index is 0.386. The van der Waals surface area contributed by atoms with Crippen LogP contribution in [0.1, 0.15) is 5.69 Å². The van der Waals surface area contributed by atoms with Crippen LogP contribution in [0.2, 0.25) is 0 Å². The summed E-state index contributed by atoms with van der Waals surface area (Å²) in [5.74, 6) is 0.566. The standard InChI is InChI=1S/C9H8BrN3OS/c10-7-2-1-3-8(13-7)14-4-6-5-15-9(11)12-6/h1-3,5H,4H2,(H2,11,12). The number of hydrogen-bond acceptors (Lipinski definition) is 5. The Morgan fingerprint density at radius 1 is 1.40 bits per heavy atom. The molecule has 0 aliphatic carbocycles. The van der Waals surface area contributed by atoms with Crippen molar-refractivity contribution in [3.05, 3.63) is 33.9 Å². The normalized spacial score (nSPS) is 10.2. The van der Waals surface area contributed by atoms with E-state index in [9.17, 15) is 0 Å². The number of thiazole rings is 1. The smallest absolute Gasteiger partial charge is 0.214 e. The van der Waals surface area contributed by atoms with Crippen LogP contribution in [0.4, 0.5) is 5.13 Å². The second-order valence-corrected chi connectivity index (χ2v) is 4.47. The molecule has 0 radical (unpaired) electrons. The van der Waals surface area contributed by atoms with E-state index in [4.69, 9.17) is 10.5 Å². The Bertz CT molecular complexity index is 460. The summed E-state index contributed by atoms with van der Waals surface area (Å²) in [4.78, 5) is 8.21. The first-order valence-corrected chi connectivity index (χ1v) is 5.86. The maximum atomic E-state index is 5.50. The van der Waals surface area contributed by atoms with Gasteiger partial charge >= 0.3 is 0 Å². The molecule has 0 unspecified atom stereocenters. The molecule has 78 valence electrons. The molecule has 0 bridgehead atoms. The van der Waals surface area contributed by atoms with Crippen molar-refractivity contribution in [3.63, 3.8) is 0 Å². The Kier molecular flexibility index (Phi) is 3.17. The maximum absolute atomic E-state index is 5.50. The lowest BCUT2D eigenvalue weighted by atomic mass is 10.5. The molecule has 0 aliphatic rings. The van der Waals surface area contributed by atoms with Crippen molar-refractivity contribution in [2.24, 2.45) is 0 Å². The lowest BCUT2D eigenvalue weighted by molar-refractivity contribution is 0.289. The Labute approximate surface area is 99.3 Å². The molecule has 0 saturated carbocycles. The fourth-order valence-electron chi connectivity index (χ4n) is 1.01. The van der Waals surface area contributed by atoms with Crippen molar-refractivity contribution >= 4 is 32.4 Å². The topological polar surface area (TPSA) is 61.0 Å². The molecule has 2 aromatic rings. The molecule has 0 fully saturated rings. The number of nitrogens with two attached hydrogens (primary N) is 1. The largest absolute Gasteiger partial charge is 0.471 e. The SMILES string of the molecule is Nc1nc(COc2cccc(Br)n2)cs1. The highest BCUT2D eigenvalue weighted by Crippen LogP contribution is 2.15. The lowest BCUT2D eigenvalue weighted by Crippen LogP contribution is -1.97. The first-order chi connectivity index (χ1) is 7.24. The van der Waals surface area contributed by atoms with E-state index in [1.54, 1.807) is 6.07 Å². The van der Waals surface area contributed by atoms with Gasteiger partial charge in [-0.3, -0.25) is 0 Å². The summed E-state index contributed by atoms with van der Waals surface area (Å²) < 4.78 is 6.18. The Hall–Kier alpha value is -1.14. The summed E-state index contributed by atoms with van der Waals surface area (Å²) in [5.41, 5.74) is 6.32. The molecule has 4 nitrogen and oxygen atoms in total. The van der Waals surface area contributed by atoms with Crippen LogP contribution in [0.25, 0.3) is 0 Å². The number of anilines is 1. The van der Waals surface area contributed by atoms with Crippen LogP contribution in [0.5, 0.6) is 5.88 Å². The number of halogens is 1. The van der Waals surface area contributed by atoms with Gasteiger partial charge in [-0.1, -0.05) is 6.07 Å². The number of aromatic nitrogens is 2. The zero-order valence-electron chi connectivity index (χ0n) is 7.68. The van der Waals surface area contributed by atoms with Crippen molar-refractivity contribution in [2.75, 3.05) is 5.73 Å². The highest BCUT2D eigenvalue weighted by Gasteiger charge is 2.01. The van der Waals surface area contributed by atoms with E-state index < -0.39 is 0 Å². The average molecular weight is 286 g/mol. The van der Waals surface area contributed by atoms with Gasteiger partial charge < -0.3 is 10.5 Å². The molecular weight excluding hydrogens is 278 g/mol. The fraction of sp³-hybridized carbons (Fsp3) is 0.111. The molecule has 0 amide bonds. The molecule has 2 N–H and O–H groups in total. The van der Waals surface area contributed by atoms with Gasteiger partial charge in [0.05, 0.1) is 5.69 Å². The van der Waals surface area contributed by atoms with Gasteiger partial charge in [-0.15, -0.1) is 11.3 Å². The molecule has 0 aliphatic heterocycles. The van der Waals surface area contributed by atoms with Crippen LogP contribution in [0, 0.1) is 0 Å². The molecule has 0 aromatic carbocycles. The summed E-state index contributed by atoms with van der Waals surface area (Å²) in [6.07, 6.45) is 0. The second kappa shape index (κ2) is 4.59. The average Bonchev–Trinajstić information content (AvgIpc) is 2.62. The van der Waals surface area contributed by atoms with Gasteiger partial charge in [-0.25, -0.2) is 9.97 Å². The van der Waals surface area contributed by atoms with Crippen LogP contribution in [0.3, 0.4) is 0 Å². The monoisotopic (exact) mass is 285 g/mol. The Morgan fingerprint density at radius 2 is 2.27 bits per heavy atom. The van der Waals surface area contributed by atoms with E-state index >= 15 is 0 Å². The number of hydrogen-bond donors (Lipinski definition) is 1. The molecule has 2 heterocycles. The number of rotatable bonds is 3. The summed E-state index contributed by atoms with van der Waals surface area (Å²) in [5, 5.41) is 2.42. The van der Waals surface area contributed by atoms with Crippen LogP contribution in [-0.4, -0.2) is 9.97 Å². The Balaban J connectivity index is 1.99. The van der Waals surface area contributed by atoms with Gasteiger partial charge in [0.2, 0.25) is 5.88 Å². The van der Waals surface area contributed by atoms with E-state index in [1.807, 2.05) is 17.5 Å². The minimum Gasteiger partial charge on any atom is -0.471 e. The zero-order valence-corrected chi connectivity index (χ0v) is 10.1. The first-order valence-electron chi connectivity index (χ1n) is 4.19. The first kappa shape index (κ1) is 10.4. The van der Waals surface area contributed by atoms with Crippen LogP contribution in [0.15, 0.2) is 28.2 Å². The zero-order chi connectivity index (χ0) is 10.7. The number of ether oxygens (including phenoxy) is 1. The third kappa shape index (κ3) is 2.90. The summed E-state index contributed by atoms with van der Waals surface area (Å²) in [6, 6.07) is 5.50. The summed E-state index contributed by atoms with van der Waals surface area (Å²) in [7, 11) is 0. The van der Waals surface area contributed by atoms with E-state index in [-0.39, 0.29) is 0 Å². The quantitative estimate of drug-likeness (QED) is 0.880. The van der Waals surface area contributed by atoms with E-state index in [2.05, 4.69) is 25.9 Å². The van der Waals surface area contributed by atoms with Crippen molar-refractivity contribution in [2.45, 2.75) is 6.61 Å². The third-order valence-electron chi connectivity index (χ3n) is 1.63. The molecular formula is C9H8BrN3OS. The maximum Gasteiger partial charge on any atom is 0.214 e. The molecule has 0 spiro atoms. The van der Waals surface area contributed by atoms with Crippen LogP contribution >= 0.6 is 27.3 Å². The number of nitrogen functional groups attached to an aromatic ring is 1. The summed E-state index contributed by atoms with van der Waals surface area (Å²) >= 11 is 4.67. The van der Waals surface area contributed by atoms with E-state index in [0.717, 1.165) is 10.3 Å². The van der Waals surface area contributed by atoms with Crippen molar-refractivity contribution in [1.29, 1.82) is 0 Å². The number of pyridine rings is 1. The van der Waals surface area contributed by atoms with Crippen molar-refractivity contribution < 1.29 is 4.74 Å². The molecule has 6 heteroatoms. The second-order valence-electron chi connectivity index (χ2n) is 2.76. The highest BCUT2D eigenvalue weighted by atomic mass is 79.9. The predicted octanol–water partition coefficient (Wildman–Crippen LogP) is 2.46. The molecule has 0 saturated heterocycles. The number of nitrogens with zero attached hydrogens (tertiary/aromatic N) is 2. The molecule has 2 rings (SSSR count). The van der Waals surface area contributed by atoms with Gasteiger partial charge in [0.15, 0.2) is 5.13 Å². The van der Waals surface area contributed by atoms with Gasteiger partial charge in [-0.2, -0.15) is 0 Å². The van der Waals surface area contributed by atoms with Crippen molar-refractivity contribution in [3.8, 4) is 5.88 Å². The fourth-order valence-corrected chi connectivity index (χ4v) is 1.88. The highest BCUT2D eigenvalue weighted by molar-refractivity contribution is 9.10. The molecule has 15 heavy (non-hydrogen) atoms. The van der Waals surface area contributed by atoms with Gasteiger partial charge in [0.1, 0.15) is 11.2 Å². The van der Waals surface area contributed by atoms with Gasteiger partial charge in [-0.05, 0) is 22.0 Å². The minimum absolute atomic E-state index is 0.386. The van der Waals surface area contributed by atoms with Gasteiger partial charge in [0.25, 0.3) is 0 Å². The Morgan fingerprint density at radius 3 is 2.93 bits per heavy atom. The predicted molar refractivity (Wildman–Crippen MR) is 62.8 cm³/mol. The van der Waals surface area contributed by atoms with Crippen molar-refractivity contribution in [1.82, 2.24) is 9.97 Å². The molecule has 0 atom stereocenters. The van der Waals surface area contributed by atoms with E-state index in [0.29, 0.717) is 17.6 Å². The molecule has 2 aromatic heterocycles.